The van der Waals surface area contributed by atoms with Crippen molar-refractivity contribution in [3.05, 3.63) is 56.3 Å². The highest BCUT2D eigenvalue weighted by Gasteiger charge is 2.09. The molecule has 0 bridgehead atoms. The van der Waals surface area contributed by atoms with Gasteiger partial charge in [-0.3, -0.25) is 9.89 Å². The van der Waals surface area contributed by atoms with Crippen LogP contribution in [0.1, 0.15) is 17.0 Å². The van der Waals surface area contributed by atoms with Gasteiger partial charge in [0.2, 0.25) is 4.77 Å². The van der Waals surface area contributed by atoms with Crippen LogP contribution < -0.4 is 5.56 Å². The normalized spacial score (nSPS) is 11.6. The van der Waals surface area contributed by atoms with Crippen LogP contribution in [0, 0.1) is 18.6 Å². The zero-order valence-corrected chi connectivity index (χ0v) is 13.3. The summed E-state index contributed by atoms with van der Waals surface area (Å²) in [6.45, 7) is 3.63. The number of aromatic nitrogens is 4. The topological polar surface area (TPSA) is 68.0 Å². The first-order valence-corrected chi connectivity index (χ1v) is 7.18. The first-order chi connectivity index (χ1) is 10.5. The van der Waals surface area contributed by atoms with Crippen LogP contribution in [0.5, 0.6) is 0 Å². The van der Waals surface area contributed by atoms with E-state index in [9.17, 15) is 4.79 Å². The minimum Gasteiger partial charge on any atom is -0.347 e. The van der Waals surface area contributed by atoms with Crippen LogP contribution in [0.2, 0.25) is 0 Å². The number of nitrogens with zero attached hydrogens (tertiary/aromatic N) is 4. The summed E-state index contributed by atoms with van der Waals surface area (Å²) in [5, 5.41) is 11.8. The fraction of sp³-hybridized carbons (Fsp3) is 0.200. The molecule has 1 aromatic carbocycles. The Hall–Kier alpha value is -2.54. The van der Waals surface area contributed by atoms with Crippen LogP contribution in [-0.4, -0.2) is 25.7 Å². The molecular weight excluding hydrogens is 298 g/mol. The van der Waals surface area contributed by atoms with Crippen molar-refractivity contribution in [2.75, 3.05) is 0 Å². The van der Waals surface area contributed by atoms with Crippen molar-refractivity contribution in [1.82, 2.24) is 19.4 Å². The maximum Gasteiger partial charge on any atom is 0.296 e. The van der Waals surface area contributed by atoms with Gasteiger partial charge in [-0.25, -0.2) is 0 Å². The monoisotopic (exact) mass is 313 g/mol. The SMILES string of the molecule is Cc1n[nH]c(=S)n(/N=C/c2c(C)n(C)c3ccccc23)c1=O. The second kappa shape index (κ2) is 5.34. The van der Waals surface area contributed by atoms with Crippen molar-refractivity contribution in [2.45, 2.75) is 13.8 Å². The maximum absolute atomic E-state index is 12.1. The summed E-state index contributed by atoms with van der Waals surface area (Å²) in [6, 6.07) is 8.06. The van der Waals surface area contributed by atoms with Crippen LogP contribution in [0.4, 0.5) is 0 Å². The zero-order chi connectivity index (χ0) is 15.9. The molecular formula is C15H15N5OS. The van der Waals surface area contributed by atoms with Crippen molar-refractivity contribution < 1.29 is 0 Å². The predicted octanol–water partition coefficient (Wildman–Crippen LogP) is 2.29. The Kier molecular flexibility index (Phi) is 3.50. The molecule has 0 atom stereocenters. The molecule has 0 spiro atoms. The average molecular weight is 313 g/mol. The van der Waals surface area contributed by atoms with Gasteiger partial charge in [-0.05, 0) is 32.1 Å². The van der Waals surface area contributed by atoms with Gasteiger partial charge in [0.25, 0.3) is 5.56 Å². The third-order valence-electron chi connectivity index (χ3n) is 3.76. The van der Waals surface area contributed by atoms with E-state index >= 15 is 0 Å². The van der Waals surface area contributed by atoms with Gasteiger partial charge in [0.1, 0.15) is 5.69 Å². The number of nitrogens with one attached hydrogen (secondary N) is 1. The summed E-state index contributed by atoms with van der Waals surface area (Å²) in [5.41, 5.74) is 3.15. The van der Waals surface area contributed by atoms with E-state index in [4.69, 9.17) is 12.2 Å². The van der Waals surface area contributed by atoms with Gasteiger partial charge in [-0.15, -0.1) is 0 Å². The third-order valence-corrected chi connectivity index (χ3v) is 4.03. The molecule has 0 unspecified atom stereocenters. The molecule has 0 amide bonds. The number of hydrogen-bond acceptors (Lipinski definition) is 4. The first kappa shape index (κ1) is 14.4. The highest BCUT2D eigenvalue weighted by molar-refractivity contribution is 7.71. The summed E-state index contributed by atoms with van der Waals surface area (Å²) in [4.78, 5) is 12.1. The van der Waals surface area contributed by atoms with Crippen molar-refractivity contribution >= 4 is 29.3 Å². The fourth-order valence-electron chi connectivity index (χ4n) is 2.41. The van der Waals surface area contributed by atoms with Crippen LogP contribution in [0.15, 0.2) is 34.2 Å². The van der Waals surface area contributed by atoms with E-state index in [1.807, 2.05) is 32.2 Å². The lowest BCUT2D eigenvalue weighted by Crippen LogP contribution is -2.22. The molecule has 3 rings (SSSR count). The summed E-state index contributed by atoms with van der Waals surface area (Å²) in [5.74, 6) is 0. The second-order valence-electron chi connectivity index (χ2n) is 5.05. The Bertz CT molecular complexity index is 1010. The molecule has 2 aromatic heterocycles. The fourth-order valence-corrected chi connectivity index (χ4v) is 2.58. The first-order valence-electron chi connectivity index (χ1n) is 6.77. The van der Waals surface area contributed by atoms with E-state index in [-0.39, 0.29) is 10.3 Å². The molecule has 0 aliphatic carbocycles. The van der Waals surface area contributed by atoms with Crippen LogP contribution in [0.25, 0.3) is 10.9 Å². The van der Waals surface area contributed by atoms with Gasteiger partial charge < -0.3 is 4.57 Å². The molecule has 0 aliphatic rings. The minimum atomic E-state index is -0.321. The Balaban J connectivity index is 2.20. The molecule has 112 valence electrons. The molecule has 3 aromatic rings. The molecule has 7 heteroatoms. The molecule has 0 fully saturated rings. The Morgan fingerprint density at radius 3 is 2.82 bits per heavy atom. The quantitative estimate of drug-likeness (QED) is 0.583. The lowest BCUT2D eigenvalue weighted by atomic mass is 10.1. The van der Waals surface area contributed by atoms with Crippen LogP contribution in [0.3, 0.4) is 0 Å². The van der Waals surface area contributed by atoms with E-state index in [0.717, 1.165) is 26.8 Å². The number of benzene rings is 1. The summed E-state index contributed by atoms with van der Waals surface area (Å²) in [6.07, 6.45) is 1.67. The lowest BCUT2D eigenvalue weighted by molar-refractivity contribution is 0.720. The lowest BCUT2D eigenvalue weighted by Gasteiger charge is -2.00. The predicted molar refractivity (Wildman–Crippen MR) is 89.1 cm³/mol. The molecule has 0 saturated heterocycles. The number of aryl methyl sites for hydroxylation is 2. The van der Waals surface area contributed by atoms with Crippen molar-refractivity contribution in [3.63, 3.8) is 0 Å². The zero-order valence-electron chi connectivity index (χ0n) is 12.5. The Morgan fingerprint density at radius 1 is 1.32 bits per heavy atom. The second-order valence-corrected chi connectivity index (χ2v) is 5.44. The number of para-hydroxylation sites is 1. The standard InChI is InChI=1S/C15H15N5OS/c1-9-14(21)20(15(22)18-17-9)16-8-12-10(2)19(3)13-7-5-4-6-11(12)13/h4-8H,1-3H3,(H,18,22)/b16-8+. The van der Waals surface area contributed by atoms with Crippen molar-refractivity contribution in [2.24, 2.45) is 12.1 Å². The van der Waals surface area contributed by atoms with Gasteiger partial charge in [0.05, 0.1) is 6.21 Å². The molecule has 22 heavy (non-hydrogen) atoms. The van der Waals surface area contributed by atoms with Gasteiger partial charge >= 0.3 is 0 Å². The van der Waals surface area contributed by atoms with Gasteiger partial charge in [0.15, 0.2) is 0 Å². The number of fused-ring (bicyclic) bond motifs is 1. The van der Waals surface area contributed by atoms with Crippen LogP contribution in [-0.2, 0) is 7.05 Å². The smallest absolute Gasteiger partial charge is 0.296 e. The maximum atomic E-state index is 12.1. The highest BCUT2D eigenvalue weighted by Crippen LogP contribution is 2.23. The minimum absolute atomic E-state index is 0.171. The molecule has 1 N–H and O–H groups in total. The average Bonchev–Trinajstić information content (AvgIpc) is 2.76. The van der Waals surface area contributed by atoms with Gasteiger partial charge in [-0.2, -0.15) is 14.9 Å². The number of hydrogen-bond donors (Lipinski definition) is 1. The van der Waals surface area contributed by atoms with E-state index < -0.39 is 0 Å². The summed E-state index contributed by atoms with van der Waals surface area (Å²) >= 11 is 5.07. The van der Waals surface area contributed by atoms with Gasteiger partial charge in [0, 0.05) is 29.2 Å². The number of aromatic amines is 1. The molecule has 0 saturated carbocycles. The van der Waals surface area contributed by atoms with E-state index in [0.29, 0.717) is 5.69 Å². The van der Waals surface area contributed by atoms with Gasteiger partial charge in [-0.1, -0.05) is 18.2 Å². The van der Waals surface area contributed by atoms with E-state index in [2.05, 4.69) is 25.9 Å². The van der Waals surface area contributed by atoms with Crippen LogP contribution >= 0.6 is 12.2 Å². The van der Waals surface area contributed by atoms with E-state index in [1.54, 1.807) is 13.1 Å². The van der Waals surface area contributed by atoms with Crippen molar-refractivity contribution in [3.8, 4) is 0 Å². The number of rotatable bonds is 2. The Labute approximate surface area is 131 Å². The molecule has 0 radical (unpaired) electrons. The summed E-state index contributed by atoms with van der Waals surface area (Å²) in [7, 11) is 2.00. The van der Waals surface area contributed by atoms with Crippen molar-refractivity contribution in [1.29, 1.82) is 0 Å². The number of H-pyrrole nitrogens is 1. The third kappa shape index (κ3) is 2.19. The largest absolute Gasteiger partial charge is 0.347 e. The summed E-state index contributed by atoms with van der Waals surface area (Å²) < 4.78 is 3.42. The molecule has 0 aliphatic heterocycles. The highest BCUT2D eigenvalue weighted by atomic mass is 32.1. The molecule has 6 nitrogen and oxygen atoms in total. The van der Waals surface area contributed by atoms with E-state index in [1.165, 1.54) is 0 Å². The Morgan fingerprint density at radius 2 is 2.05 bits per heavy atom. The molecule has 2 heterocycles.